The van der Waals surface area contributed by atoms with Crippen molar-refractivity contribution in [2.45, 2.75) is 53.4 Å². The summed E-state index contributed by atoms with van der Waals surface area (Å²) in [4.78, 5) is 12.1. The van der Waals surface area contributed by atoms with Gasteiger partial charge in [0.25, 0.3) is 0 Å². The third-order valence-corrected chi connectivity index (χ3v) is 4.49. The highest BCUT2D eigenvalue weighted by Crippen LogP contribution is 2.50. The third-order valence-electron chi connectivity index (χ3n) is 4.49. The molecule has 0 aromatic heterocycles. The van der Waals surface area contributed by atoms with Gasteiger partial charge in [0.1, 0.15) is 0 Å². The maximum atomic E-state index is 12.1. The van der Waals surface area contributed by atoms with Gasteiger partial charge in [-0.3, -0.25) is 4.79 Å². The van der Waals surface area contributed by atoms with Crippen LogP contribution in [-0.4, -0.2) is 5.78 Å². The first-order chi connectivity index (χ1) is 7.44. The summed E-state index contributed by atoms with van der Waals surface area (Å²) in [5, 5.41) is 0. The summed E-state index contributed by atoms with van der Waals surface area (Å²) in [5.41, 5.74) is 4.04. The van der Waals surface area contributed by atoms with Gasteiger partial charge < -0.3 is 0 Å². The fourth-order valence-electron chi connectivity index (χ4n) is 3.39. The Balaban J connectivity index is 2.37. The quantitative estimate of drug-likeness (QED) is 0.443. The van der Waals surface area contributed by atoms with E-state index in [1.165, 1.54) is 17.6 Å². The smallest absolute Gasteiger partial charge is 0.159 e. The monoisotopic (exact) mass is 218 g/mol. The second-order valence-corrected chi connectivity index (χ2v) is 5.98. The molecule has 0 radical (unpaired) electrons. The van der Waals surface area contributed by atoms with E-state index < -0.39 is 0 Å². The highest BCUT2D eigenvalue weighted by Gasteiger charge is 2.43. The molecule has 2 aliphatic carbocycles. The molecule has 1 nitrogen and oxygen atoms in total. The molecule has 2 unspecified atom stereocenters. The maximum absolute atomic E-state index is 12.1. The van der Waals surface area contributed by atoms with Crippen LogP contribution in [0.3, 0.4) is 0 Å². The summed E-state index contributed by atoms with van der Waals surface area (Å²) in [7, 11) is 0. The molecule has 0 spiro atoms. The molecule has 1 saturated carbocycles. The zero-order valence-electron chi connectivity index (χ0n) is 10.9. The average molecular weight is 218 g/mol. The van der Waals surface area contributed by atoms with E-state index in [2.05, 4.69) is 33.8 Å². The maximum Gasteiger partial charge on any atom is 0.159 e. The SMILES string of the molecule is CC1=CCCC2(C)CC(=O)C(=C(C)C)CC12. The lowest BCUT2D eigenvalue weighted by molar-refractivity contribution is -0.120. The Morgan fingerprint density at radius 2 is 2.12 bits per heavy atom. The number of fused-ring (bicyclic) bond motifs is 1. The summed E-state index contributed by atoms with van der Waals surface area (Å²) < 4.78 is 0. The summed E-state index contributed by atoms with van der Waals surface area (Å²) in [6.07, 6.45) is 6.42. The van der Waals surface area contributed by atoms with E-state index in [0.717, 1.165) is 24.8 Å². The predicted octanol–water partition coefficient (Wildman–Crippen LogP) is 4.05. The highest BCUT2D eigenvalue weighted by molar-refractivity contribution is 5.97. The van der Waals surface area contributed by atoms with Gasteiger partial charge in [0.05, 0.1) is 0 Å². The molecular weight excluding hydrogens is 196 g/mol. The van der Waals surface area contributed by atoms with Crippen LogP contribution < -0.4 is 0 Å². The lowest BCUT2D eigenvalue weighted by Gasteiger charge is -2.45. The Hall–Kier alpha value is -0.850. The molecule has 0 bridgehead atoms. The Bertz CT molecular complexity index is 382. The molecule has 2 aliphatic rings. The number of carbonyl (C=O) groups is 1. The van der Waals surface area contributed by atoms with E-state index in [9.17, 15) is 4.79 Å². The Labute approximate surface area is 98.6 Å². The normalized spacial score (nSPS) is 34.5. The zero-order chi connectivity index (χ0) is 11.9. The third kappa shape index (κ3) is 1.77. The van der Waals surface area contributed by atoms with Crippen molar-refractivity contribution < 1.29 is 4.79 Å². The lowest BCUT2D eigenvalue weighted by atomic mass is 9.59. The topological polar surface area (TPSA) is 17.1 Å². The van der Waals surface area contributed by atoms with Crippen molar-refractivity contribution in [3.8, 4) is 0 Å². The van der Waals surface area contributed by atoms with E-state index >= 15 is 0 Å². The summed E-state index contributed by atoms with van der Waals surface area (Å²) in [6, 6.07) is 0. The lowest BCUT2D eigenvalue weighted by Crippen LogP contribution is -2.38. The number of ketones is 1. The Kier molecular flexibility index (Phi) is 2.81. The number of hydrogen-bond donors (Lipinski definition) is 0. The van der Waals surface area contributed by atoms with Gasteiger partial charge in [-0.1, -0.05) is 24.1 Å². The van der Waals surface area contributed by atoms with Crippen LogP contribution in [0.4, 0.5) is 0 Å². The van der Waals surface area contributed by atoms with Gasteiger partial charge >= 0.3 is 0 Å². The molecular formula is C15H22O. The van der Waals surface area contributed by atoms with Gasteiger partial charge in [0, 0.05) is 6.42 Å². The van der Waals surface area contributed by atoms with Gasteiger partial charge in [-0.05, 0) is 56.9 Å². The first-order valence-corrected chi connectivity index (χ1v) is 6.30. The van der Waals surface area contributed by atoms with E-state index in [-0.39, 0.29) is 5.41 Å². The number of carbonyl (C=O) groups excluding carboxylic acids is 1. The van der Waals surface area contributed by atoms with Crippen LogP contribution in [-0.2, 0) is 4.79 Å². The highest BCUT2D eigenvalue weighted by atomic mass is 16.1. The molecule has 2 rings (SSSR count). The number of allylic oxidation sites excluding steroid dienone is 4. The van der Waals surface area contributed by atoms with Gasteiger partial charge in [0.2, 0.25) is 0 Å². The predicted molar refractivity (Wildman–Crippen MR) is 67.2 cm³/mol. The standard InChI is InChI=1S/C15H22O/c1-10(2)12-8-13-11(3)6-5-7-15(13,4)9-14(12)16/h6,13H,5,7-9H2,1-4H3. The fourth-order valence-corrected chi connectivity index (χ4v) is 3.39. The Morgan fingerprint density at radius 1 is 1.44 bits per heavy atom. The van der Waals surface area contributed by atoms with Crippen LogP contribution in [0.15, 0.2) is 22.8 Å². The zero-order valence-corrected chi connectivity index (χ0v) is 10.9. The van der Waals surface area contributed by atoms with Crippen molar-refractivity contribution in [3.63, 3.8) is 0 Å². The molecule has 0 aromatic rings. The molecule has 2 atom stereocenters. The Morgan fingerprint density at radius 3 is 2.75 bits per heavy atom. The number of hydrogen-bond acceptors (Lipinski definition) is 1. The van der Waals surface area contributed by atoms with E-state index in [1.54, 1.807) is 0 Å². The number of Topliss-reactive ketones (excluding diaryl/α,β-unsaturated/α-hetero) is 1. The molecule has 1 fully saturated rings. The van der Waals surface area contributed by atoms with Crippen LogP contribution in [0.2, 0.25) is 0 Å². The van der Waals surface area contributed by atoms with E-state index in [4.69, 9.17) is 0 Å². The molecule has 0 saturated heterocycles. The van der Waals surface area contributed by atoms with Gasteiger partial charge in [-0.25, -0.2) is 0 Å². The van der Waals surface area contributed by atoms with Gasteiger partial charge in [-0.2, -0.15) is 0 Å². The molecule has 88 valence electrons. The van der Waals surface area contributed by atoms with Crippen molar-refractivity contribution in [2.24, 2.45) is 11.3 Å². The van der Waals surface area contributed by atoms with E-state index in [0.29, 0.717) is 11.7 Å². The average Bonchev–Trinajstić information content (AvgIpc) is 2.15. The summed E-state index contributed by atoms with van der Waals surface area (Å²) in [6.45, 7) is 8.67. The van der Waals surface area contributed by atoms with Crippen molar-refractivity contribution >= 4 is 5.78 Å². The van der Waals surface area contributed by atoms with Crippen LogP contribution in [0, 0.1) is 11.3 Å². The molecule has 0 amide bonds. The van der Waals surface area contributed by atoms with Crippen LogP contribution in [0.1, 0.15) is 53.4 Å². The fraction of sp³-hybridized carbons (Fsp3) is 0.667. The summed E-state index contributed by atoms with van der Waals surface area (Å²) >= 11 is 0. The second kappa shape index (κ2) is 3.87. The van der Waals surface area contributed by atoms with E-state index in [1.807, 2.05) is 0 Å². The molecule has 0 aliphatic heterocycles. The minimum absolute atomic E-state index is 0.231. The molecule has 0 aromatic carbocycles. The summed E-state index contributed by atoms with van der Waals surface area (Å²) in [5.74, 6) is 0.998. The van der Waals surface area contributed by atoms with Crippen molar-refractivity contribution in [1.29, 1.82) is 0 Å². The first-order valence-electron chi connectivity index (χ1n) is 6.30. The van der Waals surface area contributed by atoms with Crippen LogP contribution in [0.25, 0.3) is 0 Å². The molecule has 16 heavy (non-hydrogen) atoms. The van der Waals surface area contributed by atoms with Gasteiger partial charge in [-0.15, -0.1) is 0 Å². The molecule has 1 heteroatoms. The molecule has 0 N–H and O–H groups in total. The van der Waals surface area contributed by atoms with Crippen LogP contribution in [0.5, 0.6) is 0 Å². The second-order valence-electron chi connectivity index (χ2n) is 5.98. The van der Waals surface area contributed by atoms with Gasteiger partial charge in [0.15, 0.2) is 5.78 Å². The minimum Gasteiger partial charge on any atom is -0.295 e. The van der Waals surface area contributed by atoms with Crippen LogP contribution >= 0.6 is 0 Å². The van der Waals surface area contributed by atoms with Crippen molar-refractivity contribution in [2.75, 3.05) is 0 Å². The van der Waals surface area contributed by atoms with Crippen molar-refractivity contribution in [1.82, 2.24) is 0 Å². The van der Waals surface area contributed by atoms with Crippen molar-refractivity contribution in [3.05, 3.63) is 22.8 Å². The molecule has 0 heterocycles. The number of rotatable bonds is 0. The first kappa shape index (κ1) is 11.6. The minimum atomic E-state index is 0.231. The largest absolute Gasteiger partial charge is 0.295 e.